The van der Waals surface area contributed by atoms with Crippen molar-refractivity contribution in [2.75, 3.05) is 20.6 Å². The minimum atomic E-state index is -3.85. The molecular formula is C11H18FN3O2S. The summed E-state index contributed by atoms with van der Waals surface area (Å²) in [6.45, 7) is 3.22. The second kappa shape index (κ2) is 6.24. The summed E-state index contributed by atoms with van der Waals surface area (Å²) < 4.78 is 37.3. The third kappa shape index (κ3) is 4.02. The Bertz CT molecular complexity index is 503. The van der Waals surface area contributed by atoms with Crippen LogP contribution in [0.1, 0.15) is 12.5 Å². The molecule has 18 heavy (non-hydrogen) atoms. The number of hydrogen-bond donors (Lipinski definition) is 2. The molecule has 0 aliphatic carbocycles. The van der Waals surface area contributed by atoms with Crippen molar-refractivity contribution in [3.63, 3.8) is 0 Å². The molecule has 5 nitrogen and oxygen atoms in total. The van der Waals surface area contributed by atoms with E-state index in [4.69, 9.17) is 0 Å². The lowest BCUT2D eigenvalue weighted by Crippen LogP contribution is -2.36. The molecule has 0 radical (unpaired) electrons. The largest absolute Gasteiger partial charge is 0.313 e. The van der Waals surface area contributed by atoms with Crippen molar-refractivity contribution in [1.29, 1.82) is 0 Å². The lowest BCUT2D eigenvalue weighted by molar-refractivity contribution is 0.363. The molecule has 0 fully saturated rings. The van der Waals surface area contributed by atoms with E-state index >= 15 is 0 Å². The highest BCUT2D eigenvalue weighted by Crippen LogP contribution is 2.16. The van der Waals surface area contributed by atoms with Crippen LogP contribution in [0.4, 0.5) is 4.39 Å². The number of halogens is 1. The van der Waals surface area contributed by atoms with Crippen molar-refractivity contribution in [2.24, 2.45) is 0 Å². The van der Waals surface area contributed by atoms with E-state index in [0.29, 0.717) is 12.1 Å². The fraction of sp³-hybridized carbons (Fsp3) is 0.455. The summed E-state index contributed by atoms with van der Waals surface area (Å²) in [5.41, 5.74) is 0.707. The first-order valence-corrected chi connectivity index (χ1v) is 7.04. The predicted molar refractivity (Wildman–Crippen MR) is 67.8 cm³/mol. The van der Waals surface area contributed by atoms with E-state index in [2.05, 4.69) is 10.1 Å². The first kappa shape index (κ1) is 15.0. The molecule has 0 saturated carbocycles. The zero-order chi connectivity index (χ0) is 13.8. The van der Waals surface area contributed by atoms with E-state index in [9.17, 15) is 12.8 Å². The predicted octanol–water partition coefficient (Wildman–Crippen LogP) is 0.690. The molecule has 0 aromatic heterocycles. The van der Waals surface area contributed by atoms with Crippen LogP contribution >= 0.6 is 0 Å². The molecule has 1 rings (SSSR count). The minimum Gasteiger partial charge on any atom is -0.313 e. The number of hydrazine groups is 1. The van der Waals surface area contributed by atoms with Gasteiger partial charge < -0.3 is 5.32 Å². The van der Waals surface area contributed by atoms with Crippen LogP contribution in [0, 0.1) is 5.82 Å². The minimum absolute atomic E-state index is 0.351. The summed E-state index contributed by atoms with van der Waals surface area (Å²) >= 11 is 0. The van der Waals surface area contributed by atoms with Crippen molar-refractivity contribution < 1.29 is 12.8 Å². The zero-order valence-corrected chi connectivity index (χ0v) is 11.5. The van der Waals surface area contributed by atoms with Gasteiger partial charge in [0.05, 0.1) is 0 Å². The lowest BCUT2D eigenvalue weighted by atomic mass is 10.2. The molecule has 7 heteroatoms. The van der Waals surface area contributed by atoms with Crippen molar-refractivity contribution in [3.05, 3.63) is 29.6 Å². The fourth-order valence-corrected chi connectivity index (χ4v) is 2.57. The number of benzene rings is 1. The molecule has 0 heterocycles. The molecule has 1 aromatic carbocycles. The van der Waals surface area contributed by atoms with E-state index < -0.39 is 15.8 Å². The Kier molecular flexibility index (Phi) is 5.21. The van der Waals surface area contributed by atoms with Gasteiger partial charge in [0, 0.05) is 20.6 Å². The Labute approximate surface area is 107 Å². The van der Waals surface area contributed by atoms with E-state index in [1.165, 1.54) is 31.2 Å². The molecule has 0 aliphatic rings. The lowest BCUT2D eigenvalue weighted by Gasteiger charge is -2.13. The maximum absolute atomic E-state index is 13.8. The summed E-state index contributed by atoms with van der Waals surface area (Å²) in [4.78, 5) is 1.84. The highest BCUT2D eigenvalue weighted by atomic mass is 32.2. The number of hydrogen-bond acceptors (Lipinski definition) is 4. The smallest absolute Gasteiger partial charge is 0.256 e. The van der Waals surface area contributed by atoms with Crippen LogP contribution in [0.15, 0.2) is 23.1 Å². The van der Waals surface area contributed by atoms with Gasteiger partial charge in [0.1, 0.15) is 10.7 Å². The highest BCUT2D eigenvalue weighted by Gasteiger charge is 2.19. The molecule has 0 unspecified atom stereocenters. The maximum atomic E-state index is 13.8. The summed E-state index contributed by atoms with van der Waals surface area (Å²) in [7, 11) is -0.801. The van der Waals surface area contributed by atoms with Gasteiger partial charge in [-0.1, -0.05) is 13.0 Å². The third-order valence-electron chi connectivity index (χ3n) is 2.17. The molecule has 102 valence electrons. The van der Waals surface area contributed by atoms with Gasteiger partial charge in [0.15, 0.2) is 0 Å². The molecule has 0 saturated heterocycles. The van der Waals surface area contributed by atoms with Crippen LogP contribution in [-0.4, -0.2) is 34.1 Å². The van der Waals surface area contributed by atoms with E-state index in [0.717, 1.165) is 6.54 Å². The SMILES string of the molecule is CCNCc1ccc(S(=O)(=O)NN(C)C)c(F)c1. The van der Waals surface area contributed by atoms with Crippen LogP contribution in [0.5, 0.6) is 0 Å². The molecule has 0 aliphatic heterocycles. The number of rotatable bonds is 6. The molecule has 0 atom stereocenters. The monoisotopic (exact) mass is 275 g/mol. The van der Waals surface area contributed by atoms with Gasteiger partial charge in [-0.3, -0.25) is 0 Å². The molecule has 0 bridgehead atoms. The van der Waals surface area contributed by atoms with Gasteiger partial charge >= 0.3 is 0 Å². The van der Waals surface area contributed by atoms with Gasteiger partial charge in [0.25, 0.3) is 10.0 Å². The molecule has 1 aromatic rings. The van der Waals surface area contributed by atoms with Crippen LogP contribution in [0.25, 0.3) is 0 Å². The Morgan fingerprint density at radius 1 is 1.33 bits per heavy atom. The second-order valence-electron chi connectivity index (χ2n) is 4.03. The first-order chi connectivity index (χ1) is 8.36. The van der Waals surface area contributed by atoms with Gasteiger partial charge in [-0.05, 0) is 24.2 Å². The quantitative estimate of drug-likeness (QED) is 0.750. The summed E-state index contributed by atoms with van der Waals surface area (Å²) in [5, 5.41) is 4.29. The fourth-order valence-electron chi connectivity index (χ4n) is 1.43. The van der Waals surface area contributed by atoms with Crippen LogP contribution < -0.4 is 10.1 Å². The Morgan fingerprint density at radius 3 is 2.50 bits per heavy atom. The topological polar surface area (TPSA) is 61.4 Å². The van der Waals surface area contributed by atoms with Crippen molar-refractivity contribution >= 4 is 10.0 Å². The Hall–Kier alpha value is -1.02. The van der Waals surface area contributed by atoms with Crippen molar-refractivity contribution in [2.45, 2.75) is 18.4 Å². The van der Waals surface area contributed by atoms with Crippen molar-refractivity contribution in [3.8, 4) is 0 Å². The number of sulfonamides is 1. The second-order valence-corrected chi connectivity index (χ2v) is 5.66. The van der Waals surface area contributed by atoms with Crippen molar-refractivity contribution in [1.82, 2.24) is 15.2 Å². The average Bonchev–Trinajstić information content (AvgIpc) is 2.24. The normalized spacial score (nSPS) is 12.1. The summed E-state index contributed by atoms with van der Waals surface area (Å²) in [5.74, 6) is -0.750. The molecule has 0 amide bonds. The highest BCUT2D eigenvalue weighted by molar-refractivity contribution is 7.89. The summed E-state index contributed by atoms with van der Waals surface area (Å²) in [6.07, 6.45) is 0. The average molecular weight is 275 g/mol. The van der Waals surface area contributed by atoms with Gasteiger partial charge in [-0.2, -0.15) is 0 Å². The van der Waals surface area contributed by atoms with Gasteiger partial charge in [-0.15, -0.1) is 4.83 Å². The zero-order valence-electron chi connectivity index (χ0n) is 10.7. The van der Waals surface area contributed by atoms with Crippen LogP contribution in [0.2, 0.25) is 0 Å². The Balaban J connectivity index is 2.98. The van der Waals surface area contributed by atoms with E-state index in [1.54, 1.807) is 6.07 Å². The standard InChI is InChI=1S/C11H18FN3O2S/c1-4-13-8-9-5-6-11(10(12)7-9)18(16,17)14-15(2)3/h5-7,13-14H,4,8H2,1-3H3. The molecular weight excluding hydrogens is 257 g/mol. The van der Waals surface area contributed by atoms with Gasteiger partial charge in [0.2, 0.25) is 0 Å². The number of nitrogens with zero attached hydrogens (tertiary/aromatic N) is 1. The first-order valence-electron chi connectivity index (χ1n) is 5.55. The molecule has 2 N–H and O–H groups in total. The maximum Gasteiger partial charge on any atom is 0.256 e. The third-order valence-corrected chi connectivity index (χ3v) is 3.68. The van der Waals surface area contributed by atoms with Crippen LogP contribution in [0.3, 0.4) is 0 Å². The van der Waals surface area contributed by atoms with E-state index in [1.807, 2.05) is 6.92 Å². The van der Waals surface area contributed by atoms with Gasteiger partial charge in [-0.25, -0.2) is 17.8 Å². The van der Waals surface area contributed by atoms with E-state index in [-0.39, 0.29) is 4.90 Å². The molecule has 0 spiro atoms. The Morgan fingerprint density at radius 2 is 2.00 bits per heavy atom. The summed E-state index contributed by atoms with van der Waals surface area (Å²) in [6, 6.07) is 4.09. The number of nitrogens with one attached hydrogen (secondary N) is 2. The van der Waals surface area contributed by atoms with Crippen LogP contribution in [-0.2, 0) is 16.6 Å².